The Kier molecular flexibility index (Phi) is 4.47. The Morgan fingerprint density at radius 3 is 2.96 bits per heavy atom. The van der Waals surface area contributed by atoms with E-state index in [0.717, 1.165) is 6.42 Å². The van der Waals surface area contributed by atoms with Gasteiger partial charge in [-0.3, -0.25) is 4.79 Å². The van der Waals surface area contributed by atoms with Crippen LogP contribution in [-0.2, 0) is 14.8 Å². The fraction of sp³-hybridized carbons (Fsp3) is 0.500. The molecule has 0 bridgehead atoms. The summed E-state index contributed by atoms with van der Waals surface area (Å²) in [4.78, 5) is 20.0. The van der Waals surface area contributed by atoms with E-state index in [-0.39, 0.29) is 17.0 Å². The lowest BCUT2D eigenvalue weighted by molar-refractivity contribution is -0.129. The minimum Gasteiger partial charge on any atom is -0.353 e. The van der Waals surface area contributed by atoms with Gasteiger partial charge in [-0.1, -0.05) is 12.0 Å². The fourth-order valence-electron chi connectivity index (χ4n) is 3.13. The molecule has 3 rings (SSSR count). The maximum atomic E-state index is 12.3. The van der Waals surface area contributed by atoms with Gasteiger partial charge in [0.2, 0.25) is 5.91 Å². The molecule has 3 heterocycles. The van der Waals surface area contributed by atoms with Crippen LogP contribution >= 0.6 is 0 Å². The summed E-state index contributed by atoms with van der Waals surface area (Å²) in [5, 5.41) is -0.0490. The second-order valence-electron chi connectivity index (χ2n) is 6.07. The van der Waals surface area contributed by atoms with Crippen molar-refractivity contribution in [3.63, 3.8) is 0 Å². The molecule has 2 atom stereocenters. The van der Waals surface area contributed by atoms with Crippen LogP contribution in [0.1, 0.15) is 19.8 Å². The van der Waals surface area contributed by atoms with Crippen molar-refractivity contribution in [2.75, 3.05) is 24.5 Å². The van der Waals surface area contributed by atoms with E-state index in [9.17, 15) is 13.2 Å². The number of aromatic nitrogens is 1. The molecule has 0 spiro atoms. The number of pyridine rings is 1. The summed E-state index contributed by atoms with van der Waals surface area (Å²) in [7, 11) is -3.75. The average Bonchev–Trinajstić information content (AvgIpc) is 2.95. The molecule has 128 valence electrons. The third-order valence-electron chi connectivity index (χ3n) is 4.38. The van der Waals surface area contributed by atoms with Crippen molar-refractivity contribution in [3.8, 4) is 12.3 Å². The van der Waals surface area contributed by atoms with E-state index in [1.807, 2.05) is 9.80 Å². The number of carbonyl (C=O) groups excluding carboxylic acids is 1. The van der Waals surface area contributed by atoms with Crippen LogP contribution in [0.4, 0.5) is 5.82 Å². The third kappa shape index (κ3) is 3.23. The predicted octanol–water partition coefficient (Wildman–Crippen LogP) is 0.193. The zero-order valence-corrected chi connectivity index (χ0v) is 14.3. The van der Waals surface area contributed by atoms with E-state index in [2.05, 4.69) is 15.6 Å². The van der Waals surface area contributed by atoms with Gasteiger partial charge in [0, 0.05) is 32.1 Å². The molecule has 2 unspecified atom stereocenters. The SMILES string of the molecule is C#CC(C)NS(=O)(=O)c1cccc(N2CCN3C(=O)CCC3C2)n1. The van der Waals surface area contributed by atoms with Gasteiger partial charge in [0.05, 0.1) is 6.04 Å². The highest BCUT2D eigenvalue weighted by Gasteiger charge is 2.36. The van der Waals surface area contributed by atoms with E-state index < -0.39 is 16.1 Å². The van der Waals surface area contributed by atoms with Gasteiger partial charge in [0.25, 0.3) is 10.0 Å². The molecule has 7 nitrogen and oxygen atoms in total. The molecule has 0 aromatic carbocycles. The lowest BCUT2D eigenvalue weighted by Gasteiger charge is -2.38. The smallest absolute Gasteiger partial charge is 0.259 e. The van der Waals surface area contributed by atoms with Crippen molar-refractivity contribution in [3.05, 3.63) is 18.2 Å². The van der Waals surface area contributed by atoms with Crippen LogP contribution in [0.25, 0.3) is 0 Å². The predicted molar refractivity (Wildman–Crippen MR) is 89.8 cm³/mol. The van der Waals surface area contributed by atoms with Crippen LogP contribution in [0.5, 0.6) is 0 Å². The summed E-state index contributed by atoms with van der Waals surface area (Å²) in [6.07, 6.45) is 6.66. The van der Waals surface area contributed by atoms with Crippen LogP contribution in [0.3, 0.4) is 0 Å². The largest absolute Gasteiger partial charge is 0.353 e. The average molecular weight is 348 g/mol. The number of amides is 1. The molecule has 1 aromatic heterocycles. The molecule has 0 saturated carbocycles. The number of hydrogen-bond donors (Lipinski definition) is 1. The van der Waals surface area contributed by atoms with E-state index in [4.69, 9.17) is 6.42 Å². The van der Waals surface area contributed by atoms with Gasteiger partial charge >= 0.3 is 0 Å². The number of nitrogens with one attached hydrogen (secondary N) is 1. The topological polar surface area (TPSA) is 82.6 Å². The van der Waals surface area contributed by atoms with Crippen molar-refractivity contribution in [1.82, 2.24) is 14.6 Å². The molecular formula is C16H20N4O3S. The molecule has 1 aromatic rings. The summed E-state index contributed by atoms with van der Waals surface area (Å²) in [6, 6.07) is 4.49. The zero-order chi connectivity index (χ0) is 17.3. The van der Waals surface area contributed by atoms with Crippen LogP contribution < -0.4 is 9.62 Å². The molecule has 2 aliphatic rings. The first-order chi connectivity index (χ1) is 11.4. The van der Waals surface area contributed by atoms with Crippen molar-refractivity contribution >= 4 is 21.7 Å². The Morgan fingerprint density at radius 1 is 1.42 bits per heavy atom. The standard InChI is InChI=1S/C16H20N4O3S/c1-3-12(2)18-24(22,23)15-6-4-5-14(17-15)19-9-10-20-13(11-19)7-8-16(20)21/h1,4-6,12-13,18H,7-11H2,2H3. The highest BCUT2D eigenvalue weighted by molar-refractivity contribution is 7.89. The maximum absolute atomic E-state index is 12.3. The molecular weight excluding hydrogens is 328 g/mol. The van der Waals surface area contributed by atoms with Crippen LogP contribution in [0, 0.1) is 12.3 Å². The number of carbonyl (C=O) groups is 1. The number of piperazine rings is 1. The van der Waals surface area contributed by atoms with Crippen molar-refractivity contribution in [2.24, 2.45) is 0 Å². The highest BCUT2D eigenvalue weighted by atomic mass is 32.2. The third-order valence-corrected chi connectivity index (χ3v) is 5.83. The minimum absolute atomic E-state index is 0.0490. The normalized spacial score (nSPS) is 22.2. The molecule has 0 radical (unpaired) electrons. The number of rotatable bonds is 4. The second-order valence-corrected chi connectivity index (χ2v) is 7.73. The monoisotopic (exact) mass is 348 g/mol. The number of hydrogen-bond acceptors (Lipinski definition) is 5. The minimum atomic E-state index is -3.75. The first-order valence-electron chi connectivity index (χ1n) is 7.90. The number of terminal acetylenes is 1. The van der Waals surface area contributed by atoms with Crippen LogP contribution in [0.2, 0.25) is 0 Å². The van der Waals surface area contributed by atoms with E-state index in [1.165, 1.54) is 6.07 Å². The van der Waals surface area contributed by atoms with E-state index in [1.54, 1.807) is 19.1 Å². The van der Waals surface area contributed by atoms with Gasteiger partial charge in [-0.15, -0.1) is 6.42 Å². The first kappa shape index (κ1) is 16.7. The van der Waals surface area contributed by atoms with Crippen LogP contribution in [0.15, 0.2) is 23.2 Å². The molecule has 8 heteroatoms. The zero-order valence-electron chi connectivity index (χ0n) is 13.5. The Balaban J connectivity index is 1.79. The Hall–Kier alpha value is -2.11. The summed E-state index contributed by atoms with van der Waals surface area (Å²) in [5.41, 5.74) is 0. The van der Waals surface area contributed by atoms with Crippen molar-refractivity contribution in [1.29, 1.82) is 0 Å². The molecule has 0 aliphatic carbocycles. The number of fused-ring (bicyclic) bond motifs is 1. The summed E-state index contributed by atoms with van der Waals surface area (Å²) in [6.45, 7) is 3.57. The molecule has 1 N–H and O–H groups in total. The summed E-state index contributed by atoms with van der Waals surface area (Å²) in [5.74, 6) is 3.14. The van der Waals surface area contributed by atoms with Crippen molar-refractivity contribution < 1.29 is 13.2 Å². The van der Waals surface area contributed by atoms with Crippen molar-refractivity contribution in [2.45, 2.75) is 36.9 Å². The van der Waals surface area contributed by atoms with E-state index >= 15 is 0 Å². The van der Waals surface area contributed by atoms with Gasteiger partial charge in [0.15, 0.2) is 5.03 Å². The number of nitrogens with zero attached hydrogens (tertiary/aromatic N) is 3. The molecule has 24 heavy (non-hydrogen) atoms. The highest BCUT2D eigenvalue weighted by Crippen LogP contribution is 2.25. The van der Waals surface area contributed by atoms with Gasteiger partial charge in [-0.05, 0) is 25.5 Å². The molecule has 2 fully saturated rings. The van der Waals surface area contributed by atoms with Gasteiger partial charge in [0.1, 0.15) is 5.82 Å². The van der Waals surface area contributed by atoms with E-state index in [0.29, 0.717) is 31.9 Å². The summed E-state index contributed by atoms with van der Waals surface area (Å²) < 4.78 is 27.0. The Labute approximate surface area is 142 Å². The lowest BCUT2D eigenvalue weighted by Crippen LogP contribution is -2.51. The number of sulfonamides is 1. The lowest BCUT2D eigenvalue weighted by atomic mass is 10.1. The quantitative estimate of drug-likeness (QED) is 0.786. The first-order valence-corrected chi connectivity index (χ1v) is 9.39. The number of anilines is 1. The van der Waals surface area contributed by atoms with Gasteiger partial charge in [-0.2, -0.15) is 4.72 Å². The fourth-order valence-corrected chi connectivity index (χ4v) is 4.26. The van der Waals surface area contributed by atoms with Gasteiger partial charge in [-0.25, -0.2) is 13.4 Å². The molecule has 2 aliphatic heterocycles. The van der Waals surface area contributed by atoms with Gasteiger partial charge < -0.3 is 9.80 Å². The molecule has 2 saturated heterocycles. The van der Waals surface area contributed by atoms with Crippen LogP contribution in [-0.4, -0.2) is 55.9 Å². The summed E-state index contributed by atoms with van der Waals surface area (Å²) >= 11 is 0. The maximum Gasteiger partial charge on any atom is 0.259 e. The Morgan fingerprint density at radius 2 is 2.21 bits per heavy atom. The Bertz CT molecular complexity index is 787. The second kappa shape index (κ2) is 6.42. The molecule has 1 amide bonds.